The lowest BCUT2D eigenvalue weighted by molar-refractivity contribution is 0.0638. The molecule has 0 radical (unpaired) electrons. The van der Waals surface area contributed by atoms with E-state index in [0.717, 1.165) is 6.54 Å². The monoisotopic (exact) mass is 264 g/mol. The molecule has 1 atom stereocenters. The van der Waals surface area contributed by atoms with Gasteiger partial charge in [-0.2, -0.15) is 5.26 Å². The maximum atomic E-state index is 9.84. The zero-order chi connectivity index (χ0) is 14.1. The molecule has 0 aliphatic carbocycles. The van der Waals surface area contributed by atoms with Gasteiger partial charge in [0, 0.05) is 13.1 Å². The van der Waals surface area contributed by atoms with Gasteiger partial charge in [0.05, 0.1) is 18.2 Å². The van der Waals surface area contributed by atoms with Crippen LogP contribution in [0.4, 0.5) is 0 Å². The van der Waals surface area contributed by atoms with E-state index < -0.39 is 6.10 Å². The van der Waals surface area contributed by atoms with Crippen LogP contribution in [0.2, 0.25) is 0 Å². The van der Waals surface area contributed by atoms with E-state index in [0.29, 0.717) is 24.4 Å². The van der Waals surface area contributed by atoms with Crippen LogP contribution >= 0.6 is 0 Å². The molecule has 104 valence electrons. The number of ether oxygens (including phenoxy) is 1. The van der Waals surface area contributed by atoms with E-state index in [1.54, 1.807) is 24.3 Å². The van der Waals surface area contributed by atoms with Gasteiger partial charge in [-0.05, 0) is 30.8 Å². The Morgan fingerprint density at radius 2 is 2.05 bits per heavy atom. The van der Waals surface area contributed by atoms with Gasteiger partial charge in [0.15, 0.2) is 0 Å². The van der Waals surface area contributed by atoms with Crippen molar-refractivity contribution in [2.24, 2.45) is 0 Å². The topological polar surface area (TPSA) is 76.7 Å². The van der Waals surface area contributed by atoms with Crippen LogP contribution in [0.15, 0.2) is 24.3 Å². The van der Waals surface area contributed by atoms with Gasteiger partial charge in [0.25, 0.3) is 0 Å². The number of hydrogen-bond acceptors (Lipinski definition) is 5. The maximum Gasteiger partial charge on any atom is 0.119 e. The number of hydrogen-bond donors (Lipinski definition) is 2. The van der Waals surface area contributed by atoms with Gasteiger partial charge in [-0.15, -0.1) is 0 Å². The third kappa shape index (κ3) is 5.71. The lowest BCUT2D eigenvalue weighted by Crippen LogP contribution is -2.37. The average molecular weight is 264 g/mol. The minimum absolute atomic E-state index is 0.0804. The molecule has 0 fully saturated rings. The number of aliphatic hydroxyl groups excluding tert-OH is 2. The quantitative estimate of drug-likeness (QED) is 0.719. The summed E-state index contributed by atoms with van der Waals surface area (Å²) in [5.74, 6) is 0.628. The summed E-state index contributed by atoms with van der Waals surface area (Å²) in [6.45, 7) is 4.03. The van der Waals surface area contributed by atoms with Crippen molar-refractivity contribution >= 4 is 0 Å². The van der Waals surface area contributed by atoms with Gasteiger partial charge in [-0.25, -0.2) is 0 Å². The highest BCUT2D eigenvalue weighted by atomic mass is 16.5. The predicted octanol–water partition coefficient (Wildman–Crippen LogP) is 0.612. The van der Waals surface area contributed by atoms with Gasteiger partial charge < -0.3 is 14.9 Å². The van der Waals surface area contributed by atoms with Crippen LogP contribution in [0.5, 0.6) is 5.75 Å². The molecule has 5 nitrogen and oxygen atoms in total. The van der Waals surface area contributed by atoms with Gasteiger partial charge in [-0.3, -0.25) is 4.90 Å². The van der Waals surface area contributed by atoms with E-state index >= 15 is 0 Å². The molecular weight excluding hydrogens is 244 g/mol. The summed E-state index contributed by atoms with van der Waals surface area (Å²) in [6.07, 6.45) is -0.609. The summed E-state index contributed by atoms with van der Waals surface area (Å²) in [5.41, 5.74) is 0.577. The Labute approximate surface area is 113 Å². The number of benzene rings is 1. The molecule has 0 saturated carbocycles. The van der Waals surface area contributed by atoms with E-state index in [2.05, 4.69) is 0 Å². The normalized spacial score (nSPS) is 12.2. The van der Waals surface area contributed by atoms with Crippen LogP contribution in [-0.4, -0.2) is 54.1 Å². The smallest absolute Gasteiger partial charge is 0.119 e. The van der Waals surface area contributed by atoms with Crippen molar-refractivity contribution in [3.8, 4) is 11.8 Å². The number of aliphatic hydroxyl groups is 2. The minimum Gasteiger partial charge on any atom is -0.491 e. The molecule has 0 heterocycles. The Morgan fingerprint density at radius 3 is 2.58 bits per heavy atom. The van der Waals surface area contributed by atoms with E-state index in [9.17, 15) is 5.11 Å². The molecule has 0 aliphatic heterocycles. The number of rotatable bonds is 8. The molecule has 0 amide bonds. The molecule has 5 heteroatoms. The van der Waals surface area contributed by atoms with Gasteiger partial charge in [0.2, 0.25) is 0 Å². The number of likely N-dealkylation sites (N-methyl/N-ethyl adjacent to an activating group) is 1. The molecule has 0 spiro atoms. The van der Waals surface area contributed by atoms with Crippen molar-refractivity contribution in [1.82, 2.24) is 4.90 Å². The number of nitriles is 1. The fourth-order valence-electron chi connectivity index (χ4n) is 1.69. The zero-order valence-corrected chi connectivity index (χ0v) is 11.1. The first kappa shape index (κ1) is 15.4. The minimum atomic E-state index is -0.609. The third-order valence-corrected chi connectivity index (χ3v) is 2.76. The van der Waals surface area contributed by atoms with Crippen molar-refractivity contribution in [1.29, 1.82) is 5.26 Å². The summed E-state index contributed by atoms with van der Waals surface area (Å²) in [6, 6.07) is 8.79. The van der Waals surface area contributed by atoms with Crippen molar-refractivity contribution in [2.75, 3.05) is 32.8 Å². The second-order valence-electron chi connectivity index (χ2n) is 4.22. The molecular formula is C14H20N2O3. The largest absolute Gasteiger partial charge is 0.491 e. The standard InChI is InChI=1S/C14H20N2O3/c1-2-16(7-8-17)10-13(18)11-19-14-5-3-12(9-15)4-6-14/h3-6,13,17-18H,2,7-8,10-11H2,1H3. The van der Waals surface area contributed by atoms with Crippen molar-refractivity contribution in [3.05, 3.63) is 29.8 Å². The van der Waals surface area contributed by atoms with Gasteiger partial charge in [-0.1, -0.05) is 6.92 Å². The van der Waals surface area contributed by atoms with Crippen LogP contribution in [0.1, 0.15) is 12.5 Å². The SMILES string of the molecule is CCN(CCO)CC(O)COc1ccc(C#N)cc1. The summed E-state index contributed by atoms with van der Waals surface area (Å²) in [7, 11) is 0. The van der Waals surface area contributed by atoms with Crippen LogP contribution in [0.25, 0.3) is 0 Å². The molecule has 0 saturated heterocycles. The van der Waals surface area contributed by atoms with Crippen LogP contribution in [-0.2, 0) is 0 Å². The number of nitrogens with zero attached hydrogens (tertiary/aromatic N) is 2. The summed E-state index contributed by atoms with van der Waals surface area (Å²) in [5, 5.41) is 27.4. The van der Waals surface area contributed by atoms with E-state index in [4.69, 9.17) is 15.1 Å². The average Bonchev–Trinajstić information content (AvgIpc) is 2.45. The van der Waals surface area contributed by atoms with Crippen LogP contribution < -0.4 is 4.74 Å². The first-order valence-electron chi connectivity index (χ1n) is 6.33. The Kier molecular flexibility index (Phi) is 6.90. The van der Waals surface area contributed by atoms with Crippen molar-refractivity contribution < 1.29 is 14.9 Å². The summed E-state index contributed by atoms with van der Waals surface area (Å²) in [4.78, 5) is 1.95. The van der Waals surface area contributed by atoms with E-state index in [1.807, 2.05) is 17.9 Å². The molecule has 0 aliphatic rings. The van der Waals surface area contributed by atoms with Crippen molar-refractivity contribution in [2.45, 2.75) is 13.0 Å². The zero-order valence-electron chi connectivity index (χ0n) is 11.1. The molecule has 1 rings (SSSR count). The van der Waals surface area contributed by atoms with Crippen LogP contribution in [0.3, 0.4) is 0 Å². The van der Waals surface area contributed by atoms with E-state index in [-0.39, 0.29) is 13.2 Å². The Morgan fingerprint density at radius 1 is 1.37 bits per heavy atom. The molecule has 1 aromatic rings. The molecule has 1 aromatic carbocycles. The van der Waals surface area contributed by atoms with Crippen LogP contribution in [0, 0.1) is 11.3 Å². The second-order valence-corrected chi connectivity index (χ2v) is 4.22. The Bertz CT molecular complexity index is 400. The fourth-order valence-corrected chi connectivity index (χ4v) is 1.69. The second kappa shape index (κ2) is 8.48. The summed E-state index contributed by atoms with van der Waals surface area (Å²) < 4.78 is 5.44. The first-order valence-corrected chi connectivity index (χ1v) is 6.33. The highest BCUT2D eigenvalue weighted by molar-refractivity contribution is 5.34. The fraction of sp³-hybridized carbons (Fsp3) is 0.500. The summed E-state index contributed by atoms with van der Waals surface area (Å²) >= 11 is 0. The Hall–Kier alpha value is -1.61. The predicted molar refractivity (Wildman–Crippen MR) is 71.9 cm³/mol. The third-order valence-electron chi connectivity index (χ3n) is 2.76. The lowest BCUT2D eigenvalue weighted by atomic mass is 10.2. The first-order chi connectivity index (χ1) is 9.19. The highest BCUT2D eigenvalue weighted by Gasteiger charge is 2.10. The highest BCUT2D eigenvalue weighted by Crippen LogP contribution is 2.11. The molecule has 0 aromatic heterocycles. The lowest BCUT2D eigenvalue weighted by Gasteiger charge is -2.22. The van der Waals surface area contributed by atoms with Gasteiger partial charge in [0.1, 0.15) is 18.5 Å². The van der Waals surface area contributed by atoms with Gasteiger partial charge >= 0.3 is 0 Å². The molecule has 1 unspecified atom stereocenters. The van der Waals surface area contributed by atoms with E-state index in [1.165, 1.54) is 0 Å². The molecule has 19 heavy (non-hydrogen) atoms. The molecule has 0 bridgehead atoms. The molecule has 2 N–H and O–H groups in total. The Balaban J connectivity index is 2.36. The maximum absolute atomic E-state index is 9.84. The van der Waals surface area contributed by atoms with Crippen molar-refractivity contribution in [3.63, 3.8) is 0 Å².